The highest BCUT2D eigenvalue weighted by Gasteiger charge is 2.17. The average molecular weight is 296 g/mol. The molecule has 1 N–H and O–H groups in total. The lowest BCUT2D eigenvalue weighted by molar-refractivity contribution is -0.129. The van der Waals surface area contributed by atoms with E-state index in [2.05, 4.69) is 10.3 Å². The Kier molecular flexibility index (Phi) is 4.09. The van der Waals surface area contributed by atoms with Gasteiger partial charge >= 0.3 is 0 Å². The molecule has 0 aliphatic rings. The third-order valence-electron chi connectivity index (χ3n) is 2.98. The van der Waals surface area contributed by atoms with Crippen LogP contribution in [0.4, 0.5) is 10.1 Å². The lowest BCUT2D eigenvalue weighted by atomic mass is 10.1. The Morgan fingerprint density at radius 3 is 2.75 bits per heavy atom. The Balaban J connectivity index is 2.37. The number of nitrogens with one attached hydrogen (secondary N) is 1. The van der Waals surface area contributed by atoms with E-state index in [1.807, 2.05) is 0 Å². The molecule has 1 aromatic heterocycles. The molecule has 1 aromatic carbocycles. The molecule has 1 heterocycles. The van der Waals surface area contributed by atoms with Crippen LogP contribution in [0.1, 0.15) is 6.92 Å². The highest BCUT2D eigenvalue weighted by Crippen LogP contribution is 2.28. The zero-order chi connectivity index (χ0) is 14.9. The van der Waals surface area contributed by atoms with Gasteiger partial charge in [0.25, 0.3) is 0 Å². The molecule has 2 rings (SSSR count). The lowest BCUT2D eigenvalue weighted by Crippen LogP contribution is -2.36. The van der Waals surface area contributed by atoms with Crippen molar-refractivity contribution in [3.05, 3.63) is 35.2 Å². The number of pyridine rings is 1. The number of anilines is 1. The first-order valence-corrected chi connectivity index (χ1v) is 6.50. The second kappa shape index (κ2) is 5.63. The summed E-state index contributed by atoms with van der Waals surface area (Å²) < 4.78 is 14.4. The molecule has 0 saturated carbocycles. The molecule has 6 heteroatoms. The summed E-state index contributed by atoms with van der Waals surface area (Å²) in [6.07, 6.45) is 1.45. The van der Waals surface area contributed by atoms with E-state index in [0.717, 1.165) is 0 Å². The van der Waals surface area contributed by atoms with Crippen LogP contribution in [-0.2, 0) is 4.79 Å². The SMILES string of the molecule is C[C@H](Nc1ccc2c(Cl)ccnc2c1F)C(=O)N(C)C. The number of halogens is 2. The molecule has 0 radical (unpaired) electrons. The minimum atomic E-state index is -0.531. The van der Waals surface area contributed by atoms with Gasteiger partial charge in [-0.25, -0.2) is 4.39 Å². The molecule has 0 aliphatic heterocycles. The smallest absolute Gasteiger partial charge is 0.244 e. The molecule has 1 atom stereocenters. The second-order valence-electron chi connectivity index (χ2n) is 4.71. The Labute approximate surface area is 121 Å². The monoisotopic (exact) mass is 295 g/mol. The van der Waals surface area contributed by atoms with Crippen LogP contribution >= 0.6 is 11.6 Å². The van der Waals surface area contributed by atoms with Gasteiger partial charge in [0.15, 0.2) is 5.82 Å². The van der Waals surface area contributed by atoms with E-state index in [0.29, 0.717) is 10.4 Å². The van der Waals surface area contributed by atoms with Gasteiger partial charge in [-0.05, 0) is 25.1 Å². The van der Waals surface area contributed by atoms with Gasteiger partial charge < -0.3 is 10.2 Å². The van der Waals surface area contributed by atoms with Crippen molar-refractivity contribution < 1.29 is 9.18 Å². The fraction of sp³-hybridized carbons (Fsp3) is 0.286. The van der Waals surface area contributed by atoms with Crippen LogP contribution in [0.2, 0.25) is 5.02 Å². The number of likely N-dealkylation sites (N-methyl/N-ethyl adjacent to an activating group) is 1. The van der Waals surface area contributed by atoms with Crippen molar-refractivity contribution in [2.75, 3.05) is 19.4 Å². The second-order valence-corrected chi connectivity index (χ2v) is 5.12. The van der Waals surface area contributed by atoms with E-state index in [9.17, 15) is 9.18 Å². The van der Waals surface area contributed by atoms with Gasteiger partial charge in [-0.2, -0.15) is 0 Å². The van der Waals surface area contributed by atoms with E-state index < -0.39 is 11.9 Å². The highest BCUT2D eigenvalue weighted by atomic mass is 35.5. The van der Waals surface area contributed by atoms with Gasteiger partial charge in [-0.15, -0.1) is 0 Å². The van der Waals surface area contributed by atoms with Crippen molar-refractivity contribution in [1.29, 1.82) is 0 Å². The van der Waals surface area contributed by atoms with Crippen LogP contribution < -0.4 is 5.32 Å². The number of carbonyl (C=O) groups excluding carboxylic acids is 1. The predicted octanol–water partition coefficient (Wildman–Crippen LogP) is 2.92. The third-order valence-corrected chi connectivity index (χ3v) is 3.31. The van der Waals surface area contributed by atoms with Crippen molar-refractivity contribution in [3.63, 3.8) is 0 Å². The quantitative estimate of drug-likeness (QED) is 0.947. The molecule has 1 amide bonds. The average Bonchev–Trinajstić information content (AvgIpc) is 2.41. The third kappa shape index (κ3) is 2.67. The van der Waals surface area contributed by atoms with Gasteiger partial charge in [0.2, 0.25) is 5.91 Å². The van der Waals surface area contributed by atoms with E-state index in [1.165, 1.54) is 11.1 Å². The summed E-state index contributed by atoms with van der Waals surface area (Å²) in [5, 5.41) is 3.84. The molecule has 0 spiro atoms. The number of fused-ring (bicyclic) bond motifs is 1. The normalized spacial score (nSPS) is 12.2. The molecular weight excluding hydrogens is 281 g/mol. The number of nitrogens with zero attached hydrogens (tertiary/aromatic N) is 2. The van der Waals surface area contributed by atoms with Gasteiger partial charge in [0, 0.05) is 25.7 Å². The van der Waals surface area contributed by atoms with E-state index >= 15 is 0 Å². The summed E-state index contributed by atoms with van der Waals surface area (Å²) >= 11 is 5.99. The number of benzene rings is 1. The molecule has 0 unspecified atom stereocenters. The zero-order valence-corrected chi connectivity index (χ0v) is 12.2. The maximum atomic E-state index is 14.4. The van der Waals surface area contributed by atoms with Crippen molar-refractivity contribution >= 4 is 34.1 Å². The first-order chi connectivity index (χ1) is 9.41. The number of hydrogen-bond donors (Lipinski definition) is 1. The van der Waals surface area contributed by atoms with Gasteiger partial charge in [-0.1, -0.05) is 11.6 Å². The fourth-order valence-electron chi connectivity index (χ4n) is 1.94. The fourth-order valence-corrected chi connectivity index (χ4v) is 2.15. The van der Waals surface area contributed by atoms with Crippen LogP contribution in [-0.4, -0.2) is 35.9 Å². The Bertz CT molecular complexity index is 660. The molecule has 0 bridgehead atoms. The summed E-state index contributed by atoms with van der Waals surface area (Å²) in [5.74, 6) is -0.646. The Morgan fingerprint density at radius 1 is 1.40 bits per heavy atom. The van der Waals surface area contributed by atoms with Gasteiger partial charge in [0.1, 0.15) is 11.6 Å². The number of hydrogen-bond acceptors (Lipinski definition) is 3. The standard InChI is InChI=1S/C14H15ClFN3O/c1-8(14(20)19(2)3)18-11-5-4-9-10(15)6-7-17-13(9)12(11)16/h4-8,18H,1-3H3/t8-/m0/s1. The largest absolute Gasteiger partial charge is 0.371 e. The van der Waals surface area contributed by atoms with Crippen molar-refractivity contribution in [2.45, 2.75) is 13.0 Å². The van der Waals surface area contributed by atoms with Crippen LogP contribution in [0, 0.1) is 5.82 Å². The summed E-state index contributed by atoms with van der Waals surface area (Å²) in [4.78, 5) is 17.2. The van der Waals surface area contributed by atoms with Crippen LogP contribution in [0.5, 0.6) is 0 Å². The molecule has 4 nitrogen and oxygen atoms in total. The van der Waals surface area contributed by atoms with Crippen LogP contribution in [0.15, 0.2) is 24.4 Å². The Morgan fingerprint density at radius 2 is 2.10 bits per heavy atom. The first-order valence-electron chi connectivity index (χ1n) is 6.12. The summed E-state index contributed by atoms with van der Waals surface area (Å²) in [7, 11) is 3.30. The predicted molar refractivity (Wildman–Crippen MR) is 78.5 cm³/mol. The number of rotatable bonds is 3. The van der Waals surface area contributed by atoms with Crippen molar-refractivity contribution in [2.24, 2.45) is 0 Å². The minimum Gasteiger partial charge on any atom is -0.371 e. The molecule has 106 valence electrons. The lowest BCUT2D eigenvalue weighted by Gasteiger charge is -2.19. The summed E-state index contributed by atoms with van der Waals surface area (Å²) in [5.41, 5.74) is 0.418. The molecular formula is C14H15ClFN3O. The number of aromatic nitrogens is 1. The van der Waals surface area contributed by atoms with Crippen LogP contribution in [0.3, 0.4) is 0 Å². The van der Waals surface area contributed by atoms with Crippen molar-refractivity contribution in [3.8, 4) is 0 Å². The van der Waals surface area contributed by atoms with Gasteiger partial charge in [-0.3, -0.25) is 9.78 Å². The molecule has 0 saturated heterocycles. The van der Waals surface area contributed by atoms with E-state index in [1.54, 1.807) is 39.2 Å². The summed E-state index contributed by atoms with van der Waals surface area (Å²) in [6.45, 7) is 1.68. The molecule has 20 heavy (non-hydrogen) atoms. The molecule has 0 aliphatic carbocycles. The zero-order valence-electron chi connectivity index (χ0n) is 11.4. The summed E-state index contributed by atoms with van der Waals surface area (Å²) in [6, 6.07) is 4.32. The number of amides is 1. The first kappa shape index (κ1) is 14.5. The molecule has 0 fully saturated rings. The minimum absolute atomic E-state index is 0.136. The molecule has 2 aromatic rings. The number of carbonyl (C=O) groups is 1. The van der Waals surface area contributed by atoms with Crippen molar-refractivity contribution in [1.82, 2.24) is 9.88 Å². The Hall–Kier alpha value is -1.88. The maximum Gasteiger partial charge on any atom is 0.244 e. The van der Waals surface area contributed by atoms with Gasteiger partial charge in [0.05, 0.1) is 10.7 Å². The van der Waals surface area contributed by atoms with E-state index in [-0.39, 0.29) is 17.1 Å². The van der Waals surface area contributed by atoms with E-state index in [4.69, 9.17) is 11.6 Å². The maximum absolute atomic E-state index is 14.4. The van der Waals surface area contributed by atoms with Crippen LogP contribution in [0.25, 0.3) is 10.9 Å². The topological polar surface area (TPSA) is 45.2 Å². The highest BCUT2D eigenvalue weighted by molar-refractivity contribution is 6.35.